The summed E-state index contributed by atoms with van der Waals surface area (Å²) in [5, 5.41) is 15.7. The van der Waals surface area contributed by atoms with Gasteiger partial charge in [-0.2, -0.15) is 5.10 Å². The SMILES string of the molecule is CC(=NNc1nc2ccccc2s1)c1cccc([N+](=O)[O-])c1. The first kappa shape index (κ1) is 14.2. The summed E-state index contributed by atoms with van der Waals surface area (Å²) in [7, 11) is 0. The molecule has 0 bridgehead atoms. The van der Waals surface area contributed by atoms with Crippen molar-refractivity contribution in [2.75, 3.05) is 5.43 Å². The van der Waals surface area contributed by atoms with Crippen LogP contribution in [-0.2, 0) is 0 Å². The van der Waals surface area contributed by atoms with Crippen LogP contribution in [0.15, 0.2) is 53.6 Å². The summed E-state index contributed by atoms with van der Waals surface area (Å²) in [6, 6.07) is 14.2. The molecule has 0 radical (unpaired) electrons. The minimum absolute atomic E-state index is 0.0482. The van der Waals surface area contributed by atoms with Gasteiger partial charge in [-0.15, -0.1) is 0 Å². The lowest BCUT2D eigenvalue weighted by Gasteiger charge is -2.01. The summed E-state index contributed by atoms with van der Waals surface area (Å²) in [5.41, 5.74) is 5.22. The number of para-hydroxylation sites is 1. The molecule has 0 aliphatic heterocycles. The molecule has 7 heteroatoms. The van der Waals surface area contributed by atoms with Gasteiger partial charge in [0.25, 0.3) is 5.69 Å². The molecule has 110 valence electrons. The molecule has 3 aromatic rings. The third kappa shape index (κ3) is 2.94. The molecular formula is C15H12N4O2S. The number of nitro groups is 1. The van der Waals surface area contributed by atoms with Crippen molar-refractivity contribution in [2.24, 2.45) is 5.10 Å². The monoisotopic (exact) mass is 312 g/mol. The van der Waals surface area contributed by atoms with Gasteiger partial charge in [0, 0.05) is 17.7 Å². The van der Waals surface area contributed by atoms with Gasteiger partial charge >= 0.3 is 0 Å². The van der Waals surface area contributed by atoms with Crippen molar-refractivity contribution in [1.29, 1.82) is 0 Å². The number of nitrogens with one attached hydrogen (secondary N) is 1. The number of hydrogen-bond donors (Lipinski definition) is 1. The van der Waals surface area contributed by atoms with Gasteiger partial charge in [-0.1, -0.05) is 35.6 Å². The largest absolute Gasteiger partial charge is 0.270 e. The first-order chi connectivity index (χ1) is 10.6. The maximum Gasteiger partial charge on any atom is 0.270 e. The molecule has 0 spiro atoms. The highest BCUT2D eigenvalue weighted by Gasteiger charge is 2.07. The van der Waals surface area contributed by atoms with Gasteiger partial charge in [0.2, 0.25) is 5.13 Å². The number of nitro benzene ring substituents is 1. The Balaban J connectivity index is 1.82. The molecule has 0 atom stereocenters. The van der Waals surface area contributed by atoms with Crippen LogP contribution in [-0.4, -0.2) is 15.6 Å². The van der Waals surface area contributed by atoms with Crippen molar-refractivity contribution >= 4 is 38.1 Å². The van der Waals surface area contributed by atoms with Crippen LogP contribution in [0.25, 0.3) is 10.2 Å². The van der Waals surface area contributed by atoms with Gasteiger partial charge in [-0.25, -0.2) is 4.98 Å². The summed E-state index contributed by atoms with van der Waals surface area (Å²) in [6.07, 6.45) is 0. The van der Waals surface area contributed by atoms with Crippen molar-refractivity contribution in [3.8, 4) is 0 Å². The molecule has 6 nitrogen and oxygen atoms in total. The second kappa shape index (κ2) is 5.90. The number of non-ortho nitro benzene ring substituents is 1. The Labute approximate surface area is 130 Å². The van der Waals surface area contributed by atoms with Crippen molar-refractivity contribution in [3.63, 3.8) is 0 Å². The van der Waals surface area contributed by atoms with Crippen molar-refractivity contribution in [3.05, 3.63) is 64.2 Å². The van der Waals surface area contributed by atoms with Crippen molar-refractivity contribution in [2.45, 2.75) is 6.92 Å². The third-order valence-corrected chi connectivity index (χ3v) is 4.03. The Bertz CT molecular complexity index is 840. The highest BCUT2D eigenvalue weighted by Crippen LogP contribution is 2.25. The molecule has 22 heavy (non-hydrogen) atoms. The lowest BCUT2D eigenvalue weighted by molar-refractivity contribution is -0.384. The van der Waals surface area contributed by atoms with E-state index < -0.39 is 4.92 Å². The molecule has 1 N–H and O–H groups in total. The highest BCUT2D eigenvalue weighted by atomic mass is 32.1. The standard InChI is InChI=1S/C15H12N4O2S/c1-10(11-5-4-6-12(9-11)19(20)21)17-18-15-16-13-7-2-3-8-14(13)22-15/h2-9H,1H3,(H,16,18). The molecule has 0 fully saturated rings. The van der Waals surface area contributed by atoms with Crippen LogP contribution >= 0.6 is 11.3 Å². The molecule has 1 heterocycles. The Hall–Kier alpha value is -2.80. The molecule has 0 aliphatic rings. The van der Waals surface area contributed by atoms with Crippen LogP contribution in [0.4, 0.5) is 10.8 Å². The lowest BCUT2D eigenvalue weighted by Crippen LogP contribution is -2.00. The average molecular weight is 312 g/mol. The first-order valence-electron chi connectivity index (χ1n) is 6.54. The number of rotatable bonds is 4. The summed E-state index contributed by atoms with van der Waals surface area (Å²) >= 11 is 1.50. The molecular weight excluding hydrogens is 300 g/mol. The van der Waals surface area contributed by atoms with E-state index in [2.05, 4.69) is 15.5 Å². The fraction of sp³-hybridized carbons (Fsp3) is 0.0667. The summed E-state index contributed by atoms with van der Waals surface area (Å²) < 4.78 is 1.08. The Morgan fingerprint density at radius 2 is 2.09 bits per heavy atom. The van der Waals surface area contributed by atoms with E-state index in [1.807, 2.05) is 24.3 Å². The number of anilines is 1. The van der Waals surface area contributed by atoms with Gasteiger partial charge in [-0.05, 0) is 19.1 Å². The van der Waals surface area contributed by atoms with Crippen LogP contribution in [0, 0.1) is 10.1 Å². The van der Waals surface area contributed by atoms with Gasteiger partial charge < -0.3 is 0 Å². The normalized spacial score (nSPS) is 11.6. The van der Waals surface area contributed by atoms with E-state index >= 15 is 0 Å². The molecule has 3 rings (SSSR count). The molecule has 1 aromatic heterocycles. The van der Waals surface area contributed by atoms with Gasteiger partial charge in [0.05, 0.1) is 20.9 Å². The van der Waals surface area contributed by atoms with Crippen LogP contribution < -0.4 is 5.43 Å². The molecule has 0 saturated carbocycles. The fourth-order valence-electron chi connectivity index (χ4n) is 1.96. The van der Waals surface area contributed by atoms with Crippen molar-refractivity contribution < 1.29 is 4.92 Å². The number of benzene rings is 2. The van der Waals surface area contributed by atoms with Crippen molar-refractivity contribution in [1.82, 2.24) is 4.98 Å². The number of nitrogens with zero attached hydrogens (tertiary/aromatic N) is 3. The van der Waals surface area contributed by atoms with E-state index in [1.54, 1.807) is 19.1 Å². The quantitative estimate of drug-likeness (QED) is 0.448. The molecule has 0 amide bonds. The average Bonchev–Trinajstić information content (AvgIpc) is 2.95. The Morgan fingerprint density at radius 3 is 2.86 bits per heavy atom. The summed E-state index contributed by atoms with van der Waals surface area (Å²) in [5.74, 6) is 0. The Kier molecular flexibility index (Phi) is 3.80. The number of aromatic nitrogens is 1. The van der Waals surface area contributed by atoms with Gasteiger partial charge in [-0.3, -0.25) is 15.5 Å². The third-order valence-electron chi connectivity index (χ3n) is 3.09. The van der Waals surface area contributed by atoms with Gasteiger partial charge in [0.15, 0.2) is 0 Å². The number of thiazole rings is 1. The fourth-order valence-corrected chi connectivity index (χ4v) is 2.77. The Morgan fingerprint density at radius 1 is 1.27 bits per heavy atom. The van der Waals surface area contributed by atoms with E-state index in [4.69, 9.17) is 0 Å². The molecule has 0 unspecified atom stereocenters. The molecule has 2 aromatic carbocycles. The zero-order valence-corrected chi connectivity index (χ0v) is 12.5. The van der Waals surface area contributed by atoms with E-state index in [1.165, 1.54) is 23.5 Å². The van der Waals surface area contributed by atoms with Crippen LogP contribution in [0.3, 0.4) is 0 Å². The predicted octanol–water partition coefficient (Wildman–Crippen LogP) is 4.04. The molecule has 0 aliphatic carbocycles. The number of hydrazone groups is 1. The summed E-state index contributed by atoms with van der Waals surface area (Å²) in [4.78, 5) is 14.8. The second-order valence-corrected chi connectivity index (χ2v) is 5.63. The van der Waals surface area contributed by atoms with Crippen LogP contribution in [0.5, 0.6) is 0 Å². The zero-order valence-electron chi connectivity index (χ0n) is 11.7. The predicted molar refractivity (Wildman–Crippen MR) is 88.6 cm³/mol. The van der Waals surface area contributed by atoms with E-state index in [9.17, 15) is 10.1 Å². The number of fused-ring (bicyclic) bond motifs is 1. The van der Waals surface area contributed by atoms with E-state index in [-0.39, 0.29) is 5.69 Å². The minimum atomic E-state index is -0.419. The van der Waals surface area contributed by atoms with Crippen LogP contribution in [0.2, 0.25) is 0 Å². The summed E-state index contributed by atoms with van der Waals surface area (Å²) in [6.45, 7) is 1.79. The smallest absolute Gasteiger partial charge is 0.258 e. The van der Waals surface area contributed by atoms with E-state index in [0.29, 0.717) is 16.4 Å². The maximum atomic E-state index is 10.8. The van der Waals surface area contributed by atoms with Crippen LogP contribution in [0.1, 0.15) is 12.5 Å². The van der Waals surface area contributed by atoms with E-state index in [0.717, 1.165) is 10.2 Å². The highest BCUT2D eigenvalue weighted by molar-refractivity contribution is 7.22. The first-order valence-corrected chi connectivity index (χ1v) is 7.36. The van der Waals surface area contributed by atoms with Gasteiger partial charge in [0.1, 0.15) is 0 Å². The number of hydrogen-bond acceptors (Lipinski definition) is 6. The zero-order chi connectivity index (χ0) is 15.5. The minimum Gasteiger partial charge on any atom is -0.258 e. The lowest BCUT2D eigenvalue weighted by atomic mass is 10.1. The maximum absolute atomic E-state index is 10.8. The molecule has 0 saturated heterocycles. The second-order valence-electron chi connectivity index (χ2n) is 4.60. The topological polar surface area (TPSA) is 80.4 Å².